The summed E-state index contributed by atoms with van der Waals surface area (Å²) in [6.07, 6.45) is 1.61. The summed E-state index contributed by atoms with van der Waals surface area (Å²) in [6, 6.07) is 12.4. The Kier molecular flexibility index (Phi) is 6.29. The van der Waals surface area contributed by atoms with E-state index in [0.29, 0.717) is 41.8 Å². The number of likely N-dealkylation sites (tertiary alicyclic amines) is 1. The Morgan fingerprint density at radius 3 is 2.41 bits per heavy atom. The predicted octanol–water partition coefficient (Wildman–Crippen LogP) is 4.15. The van der Waals surface area contributed by atoms with Crippen molar-refractivity contribution in [2.45, 2.75) is 12.8 Å². The van der Waals surface area contributed by atoms with Crippen LogP contribution in [0.25, 0.3) is 0 Å². The van der Waals surface area contributed by atoms with Crippen molar-refractivity contribution >= 4 is 29.2 Å². The van der Waals surface area contributed by atoms with Crippen LogP contribution in [0, 0.1) is 11.7 Å². The van der Waals surface area contributed by atoms with Gasteiger partial charge in [-0.2, -0.15) is 0 Å². The monoisotopic (exact) mass is 389 g/mol. The molecule has 142 valence electrons. The van der Waals surface area contributed by atoms with Gasteiger partial charge in [0.15, 0.2) is 0 Å². The lowest BCUT2D eigenvalue weighted by Crippen LogP contribution is -2.43. The predicted molar refractivity (Wildman–Crippen MR) is 104 cm³/mol. The van der Waals surface area contributed by atoms with Crippen LogP contribution in [0.3, 0.4) is 0 Å². The average Bonchev–Trinajstić information content (AvgIpc) is 2.68. The van der Waals surface area contributed by atoms with Gasteiger partial charge in [-0.05, 0) is 55.2 Å². The first-order chi connectivity index (χ1) is 13.0. The van der Waals surface area contributed by atoms with E-state index in [2.05, 4.69) is 10.6 Å². The minimum absolute atomic E-state index is 0.183. The van der Waals surface area contributed by atoms with Gasteiger partial charge in [0.1, 0.15) is 5.82 Å². The number of carbonyl (C=O) groups excluding carboxylic acids is 2. The molecule has 2 aromatic carbocycles. The first-order valence-electron chi connectivity index (χ1n) is 8.87. The van der Waals surface area contributed by atoms with E-state index in [4.69, 9.17) is 11.6 Å². The van der Waals surface area contributed by atoms with Crippen molar-refractivity contribution in [1.29, 1.82) is 0 Å². The van der Waals surface area contributed by atoms with E-state index in [9.17, 15) is 14.0 Å². The van der Waals surface area contributed by atoms with Crippen LogP contribution in [-0.2, 0) is 0 Å². The number of carbonyl (C=O) groups is 2. The topological polar surface area (TPSA) is 61.4 Å². The Bertz CT molecular complexity index is 805. The summed E-state index contributed by atoms with van der Waals surface area (Å²) in [5.74, 6) is -0.212. The molecule has 1 fully saturated rings. The fourth-order valence-electron chi connectivity index (χ4n) is 3.05. The molecule has 1 aliphatic rings. The van der Waals surface area contributed by atoms with Gasteiger partial charge in [0, 0.05) is 25.3 Å². The van der Waals surface area contributed by atoms with Gasteiger partial charge in [-0.25, -0.2) is 9.18 Å². The summed E-state index contributed by atoms with van der Waals surface area (Å²) < 4.78 is 12.9. The van der Waals surface area contributed by atoms with Crippen molar-refractivity contribution in [3.8, 4) is 0 Å². The lowest BCUT2D eigenvalue weighted by atomic mass is 9.97. The summed E-state index contributed by atoms with van der Waals surface area (Å²) in [5.41, 5.74) is 1.03. The number of nitrogens with zero attached hydrogens (tertiary/aromatic N) is 1. The SMILES string of the molecule is O=C(NCC1CCN(C(=O)Nc2ccc(F)cc2)CC1)c1ccccc1Cl. The summed E-state index contributed by atoms with van der Waals surface area (Å²) in [6.45, 7) is 1.77. The maximum absolute atomic E-state index is 12.9. The highest BCUT2D eigenvalue weighted by Gasteiger charge is 2.23. The Hall–Kier alpha value is -2.60. The average molecular weight is 390 g/mol. The number of hydrogen-bond donors (Lipinski definition) is 2. The molecule has 5 nitrogen and oxygen atoms in total. The van der Waals surface area contributed by atoms with E-state index in [1.807, 2.05) is 0 Å². The zero-order valence-corrected chi connectivity index (χ0v) is 15.5. The van der Waals surface area contributed by atoms with Gasteiger partial charge < -0.3 is 15.5 Å². The number of hydrogen-bond acceptors (Lipinski definition) is 2. The van der Waals surface area contributed by atoms with Gasteiger partial charge >= 0.3 is 6.03 Å². The number of benzene rings is 2. The first kappa shape index (κ1) is 19.2. The van der Waals surface area contributed by atoms with Crippen molar-refractivity contribution in [3.05, 3.63) is 64.9 Å². The molecule has 2 N–H and O–H groups in total. The summed E-state index contributed by atoms with van der Waals surface area (Å²) in [5, 5.41) is 6.12. The van der Waals surface area contributed by atoms with E-state index in [1.54, 1.807) is 29.2 Å². The van der Waals surface area contributed by atoms with E-state index < -0.39 is 0 Å². The Morgan fingerprint density at radius 1 is 1.07 bits per heavy atom. The van der Waals surface area contributed by atoms with Crippen LogP contribution in [0.1, 0.15) is 23.2 Å². The molecular weight excluding hydrogens is 369 g/mol. The number of anilines is 1. The third kappa shape index (κ3) is 5.20. The number of amides is 3. The molecule has 27 heavy (non-hydrogen) atoms. The number of nitrogens with one attached hydrogen (secondary N) is 2. The van der Waals surface area contributed by atoms with Crippen LogP contribution < -0.4 is 10.6 Å². The summed E-state index contributed by atoms with van der Waals surface area (Å²) in [7, 11) is 0. The van der Waals surface area contributed by atoms with Gasteiger partial charge in [-0.15, -0.1) is 0 Å². The molecule has 3 rings (SSSR count). The number of rotatable bonds is 4. The Labute approximate surface area is 162 Å². The lowest BCUT2D eigenvalue weighted by Gasteiger charge is -2.32. The molecule has 2 aromatic rings. The zero-order chi connectivity index (χ0) is 19.2. The number of piperidine rings is 1. The minimum Gasteiger partial charge on any atom is -0.352 e. The molecule has 7 heteroatoms. The normalized spacial score (nSPS) is 14.7. The molecule has 3 amide bonds. The molecule has 1 saturated heterocycles. The molecule has 0 unspecified atom stereocenters. The zero-order valence-electron chi connectivity index (χ0n) is 14.8. The van der Waals surface area contributed by atoms with Crippen LogP contribution in [0.4, 0.5) is 14.9 Å². The lowest BCUT2D eigenvalue weighted by molar-refractivity contribution is 0.0939. The minimum atomic E-state index is -0.340. The van der Waals surface area contributed by atoms with Crippen LogP contribution in [0.2, 0.25) is 5.02 Å². The van der Waals surface area contributed by atoms with Gasteiger partial charge in [-0.3, -0.25) is 4.79 Å². The molecule has 0 aliphatic carbocycles. The van der Waals surface area contributed by atoms with E-state index in [0.717, 1.165) is 12.8 Å². The van der Waals surface area contributed by atoms with Crippen molar-refractivity contribution in [1.82, 2.24) is 10.2 Å². The van der Waals surface area contributed by atoms with Crippen LogP contribution >= 0.6 is 11.6 Å². The molecule has 1 heterocycles. The highest BCUT2D eigenvalue weighted by molar-refractivity contribution is 6.33. The van der Waals surface area contributed by atoms with Crippen molar-refractivity contribution in [2.24, 2.45) is 5.92 Å². The number of urea groups is 1. The van der Waals surface area contributed by atoms with Crippen molar-refractivity contribution in [3.63, 3.8) is 0 Å². The Morgan fingerprint density at radius 2 is 1.74 bits per heavy atom. The van der Waals surface area contributed by atoms with E-state index in [-0.39, 0.29) is 17.8 Å². The quantitative estimate of drug-likeness (QED) is 0.825. The molecule has 0 atom stereocenters. The van der Waals surface area contributed by atoms with Crippen molar-refractivity contribution in [2.75, 3.05) is 25.0 Å². The maximum atomic E-state index is 12.9. The highest BCUT2D eigenvalue weighted by Crippen LogP contribution is 2.19. The van der Waals surface area contributed by atoms with Crippen LogP contribution in [0.15, 0.2) is 48.5 Å². The molecule has 0 radical (unpaired) electrons. The fourth-order valence-corrected chi connectivity index (χ4v) is 3.28. The Balaban J connectivity index is 1.43. The van der Waals surface area contributed by atoms with Crippen molar-refractivity contribution < 1.29 is 14.0 Å². The standard InChI is InChI=1S/C20H21ClFN3O2/c21-18-4-2-1-3-17(18)19(26)23-13-14-9-11-25(12-10-14)20(27)24-16-7-5-15(22)6-8-16/h1-8,14H,9-13H2,(H,23,26)(H,24,27). The smallest absolute Gasteiger partial charge is 0.321 e. The molecule has 0 bridgehead atoms. The third-order valence-corrected chi connectivity index (χ3v) is 5.00. The largest absolute Gasteiger partial charge is 0.352 e. The second-order valence-corrected chi connectivity index (χ2v) is 6.96. The van der Waals surface area contributed by atoms with Crippen LogP contribution in [0.5, 0.6) is 0 Å². The first-order valence-corrected chi connectivity index (χ1v) is 9.25. The third-order valence-electron chi connectivity index (χ3n) is 4.67. The second kappa shape index (κ2) is 8.86. The van der Waals surface area contributed by atoms with E-state index >= 15 is 0 Å². The fraction of sp³-hybridized carbons (Fsp3) is 0.300. The molecule has 1 aliphatic heterocycles. The van der Waals surface area contributed by atoms with Crippen LogP contribution in [-0.4, -0.2) is 36.5 Å². The molecule has 0 saturated carbocycles. The second-order valence-electron chi connectivity index (χ2n) is 6.56. The highest BCUT2D eigenvalue weighted by atomic mass is 35.5. The molecular formula is C20H21ClFN3O2. The summed E-state index contributed by atoms with van der Waals surface area (Å²) in [4.78, 5) is 26.2. The van der Waals surface area contributed by atoms with E-state index in [1.165, 1.54) is 24.3 Å². The van der Waals surface area contributed by atoms with Gasteiger partial charge in [-0.1, -0.05) is 23.7 Å². The van der Waals surface area contributed by atoms with Gasteiger partial charge in [0.05, 0.1) is 10.6 Å². The van der Waals surface area contributed by atoms with Gasteiger partial charge in [0.2, 0.25) is 0 Å². The van der Waals surface area contributed by atoms with Gasteiger partial charge in [0.25, 0.3) is 5.91 Å². The maximum Gasteiger partial charge on any atom is 0.321 e. The summed E-state index contributed by atoms with van der Waals surface area (Å²) >= 11 is 6.04. The molecule has 0 aromatic heterocycles. The molecule has 0 spiro atoms. The number of halogens is 2.